The summed E-state index contributed by atoms with van der Waals surface area (Å²) in [7, 11) is 2.04. The van der Waals surface area contributed by atoms with Gasteiger partial charge in [0.2, 0.25) is 5.95 Å². The molecule has 30 heavy (non-hydrogen) atoms. The number of piperidine rings is 1. The van der Waals surface area contributed by atoms with Crippen LogP contribution in [0.25, 0.3) is 0 Å². The number of anilines is 3. The molecule has 6 nitrogen and oxygen atoms in total. The molecule has 2 N–H and O–H groups in total. The molecule has 8 heteroatoms. The number of nitriles is 1. The van der Waals surface area contributed by atoms with Crippen molar-refractivity contribution in [2.24, 2.45) is 0 Å². The molecule has 0 radical (unpaired) electrons. The van der Waals surface area contributed by atoms with Gasteiger partial charge in [0, 0.05) is 30.4 Å². The SMILES string of the molecule is CN[C@@H]1CCCN(c2nc(Nc3ccc(C)c(C#N)c3)nc3c2CCCC3)C1.Cl.Cl. The predicted octanol–water partition coefficient (Wildman–Crippen LogP) is 4.31. The van der Waals surface area contributed by atoms with Crippen molar-refractivity contribution < 1.29 is 0 Å². The van der Waals surface area contributed by atoms with Crippen LogP contribution in [0.4, 0.5) is 17.5 Å². The molecule has 1 atom stereocenters. The zero-order valence-corrected chi connectivity index (χ0v) is 19.2. The number of aromatic nitrogens is 2. The third kappa shape index (κ3) is 5.15. The van der Waals surface area contributed by atoms with Gasteiger partial charge in [0.25, 0.3) is 0 Å². The Labute approximate surface area is 191 Å². The zero-order chi connectivity index (χ0) is 19.5. The van der Waals surface area contributed by atoms with E-state index in [4.69, 9.17) is 9.97 Å². The number of likely N-dealkylation sites (N-methyl/N-ethyl adjacent to an activating group) is 1. The van der Waals surface area contributed by atoms with Crippen LogP contribution < -0.4 is 15.5 Å². The highest BCUT2D eigenvalue weighted by molar-refractivity contribution is 5.85. The molecule has 2 aromatic rings. The lowest BCUT2D eigenvalue weighted by atomic mass is 9.95. The van der Waals surface area contributed by atoms with E-state index in [1.54, 1.807) is 0 Å². The molecule has 0 spiro atoms. The summed E-state index contributed by atoms with van der Waals surface area (Å²) >= 11 is 0. The van der Waals surface area contributed by atoms with Crippen LogP contribution in [-0.2, 0) is 12.8 Å². The second kappa shape index (κ2) is 10.8. The maximum absolute atomic E-state index is 9.31. The molecule has 0 bridgehead atoms. The number of hydrogen-bond acceptors (Lipinski definition) is 6. The van der Waals surface area contributed by atoms with Crippen molar-refractivity contribution >= 4 is 42.3 Å². The monoisotopic (exact) mass is 448 g/mol. The fourth-order valence-corrected chi connectivity index (χ4v) is 4.25. The summed E-state index contributed by atoms with van der Waals surface area (Å²) in [4.78, 5) is 12.2. The molecule has 0 unspecified atom stereocenters. The summed E-state index contributed by atoms with van der Waals surface area (Å²) in [6.07, 6.45) is 6.87. The van der Waals surface area contributed by atoms with Crippen molar-refractivity contribution in [3.8, 4) is 6.07 Å². The number of aryl methyl sites for hydroxylation is 2. The fourth-order valence-electron chi connectivity index (χ4n) is 4.25. The average molecular weight is 449 g/mol. The van der Waals surface area contributed by atoms with E-state index in [9.17, 15) is 5.26 Å². The van der Waals surface area contributed by atoms with Crippen LogP contribution in [0.3, 0.4) is 0 Å². The van der Waals surface area contributed by atoms with Crippen molar-refractivity contribution in [1.29, 1.82) is 5.26 Å². The standard InChI is InChI=1S/C22H28N6.2ClH/c1-15-9-10-17(12-16(15)13-23)25-22-26-20-8-4-3-7-19(20)21(27-22)28-11-5-6-18(14-28)24-2;;/h9-10,12,18,24H,3-8,11,14H2,1-2H3,(H,25,26,27);2*1H/t18-;;/m1../s1. The lowest BCUT2D eigenvalue weighted by molar-refractivity contribution is 0.446. The van der Waals surface area contributed by atoms with Crippen LogP contribution in [-0.4, -0.2) is 36.1 Å². The first-order valence-electron chi connectivity index (χ1n) is 10.3. The molecule has 1 saturated heterocycles. The summed E-state index contributed by atoms with van der Waals surface area (Å²) in [5.74, 6) is 1.73. The molecule has 0 amide bonds. The predicted molar refractivity (Wildman–Crippen MR) is 127 cm³/mol. The topological polar surface area (TPSA) is 76.9 Å². The van der Waals surface area contributed by atoms with Gasteiger partial charge in [-0.25, -0.2) is 4.98 Å². The summed E-state index contributed by atoms with van der Waals surface area (Å²) in [5.41, 5.74) is 5.02. The minimum atomic E-state index is 0. The number of rotatable bonds is 4. The Bertz CT molecular complexity index is 911. The van der Waals surface area contributed by atoms with Crippen LogP contribution in [0, 0.1) is 18.3 Å². The van der Waals surface area contributed by atoms with Gasteiger partial charge in [-0.15, -0.1) is 24.8 Å². The van der Waals surface area contributed by atoms with Crippen molar-refractivity contribution in [3.63, 3.8) is 0 Å². The number of nitrogens with one attached hydrogen (secondary N) is 2. The molecular weight excluding hydrogens is 419 g/mol. The summed E-state index contributed by atoms with van der Waals surface area (Å²) in [5, 5.41) is 16.1. The second-order valence-corrected chi connectivity index (χ2v) is 7.84. The number of halogens is 2. The molecule has 0 saturated carbocycles. The summed E-state index contributed by atoms with van der Waals surface area (Å²) in [6.45, 7) is 3.98. The van der Waals surface area contributed by atoms with E-state index in [1.807, 2.05) is 32.2 Å². The Hall–Kier alpha value is -2.07. The molecule has 1 fully saturated rings. The summed E-state index contributed by atoms with van der Waals surface area (Å²) < 4.78 is 0. The molecule has 2 aliphatic rings. The highest BCUT2D eigenvalue weighted by Crippen LogP contribution is 2.31. The normalized spacial score (nSPS) is 17.8. The quantitative estimate of drug-likeness (QED) is 0.725. The van der Waals surface area contributed by atoms with Crippen molar-refractivity contribution in [3.05, 3.63) is 40.6 Å². The number of benzene rings is 1. The Morgan fingerprint density at radius 3 is 2.70 bits per heavy atom. The molecule has 1 aromatic carbocycles. The third-order valence-electron chi connectivity index (χ3n) is 5.90. The third-order valence-corrected chi connectivity index (χ3v) is 5.90. The van der Waals surface area contributed by atoms with Gasteiger partial charge >= 0.3 is 0 Å². The van der Waals surface area contributed by atoms with E-state index in [2.05, 4.69) is 21.6 Å². The molecule has 1 aliphatic carbocycles. The van der Waals surface area contributed by atoms with Crippen LogP contribution >= 0.6 is 24.8 Å². The largest absolute Gasteiger partial charge is 0.355 e. The molecule has 1 aromatic heterocycles. The zero-order valence-electron chi connectivity index (χ0n) is 17.6. The maximum atomic E-state index is 9.31. The molecule has 2 heterocycles. The fraction of sp³-hybridized carbons (Fsp3) is 0.500. The Balaban J connectivity index is 0.00000160. The first-order valence-corrected chi connectivity index (χ1v) is 10.3. The highest BCUT2D eigenvalue weighted by Gasteiger charge is 2.25. The average Bonchev–Trinajstić information content (AvgIpc) is 2.74. The Morgan fingerprint density at radius 1 is 1.13 bits per heavy atom. The Kier molecular flexibility index (Phi) is 8.72. The van der Waals surface area contributed by atoms with Crippen LogP contribution in [0.15, 0.2) is 18.2 Å². The molecule has 1 aliphatic heterocycles. The van der Waals surface area contributed by atoms with E-state index < -0.39 is 0 Å². The van der Waals surface area contributed by atoms with Gasteiger partial charge in [-0.2, -0.15) is 10.2 Å². The highest BCUT2D eigenvalue weighted by atomic mass is 35.5. The van der Waals surface area contributed by atoms with E-state index in [1.165, 1.54) is 36.9 Å². The maximum Gasteiger partial charge on any atom is 0.229 e. The smallest absolute Gasteiger partial charge is 0.229 e. The molecule has 162 valence electrons. The number of nitrogens with zero attached hydrogens (tertiary/aromatic N) is 4. The van der Waals surface area contributed by atoms with E-state index in [-0.39, 0.29) is 24.8 Å². The van der Waals surface area contributed by atoms with Crippen molar-refractivity contribution in [2.75, 3.05) is 30.4 Å². The van der Waals surface area contributed by atoms with Gasteiger partial charge in [0.15, 0.2) is 0 Å². The van der Waals surface area contributed by atoms with Gasteiger partial charge in [-0.05, 0) is 70.2 Å². The van der Waals surface area contributed by atoms with Gasteiger partial charge < -0.3 is 15.5 Å². The van der Waals surface area contributed by atoms with Crippen molar-refractivity contribution in [2.45, 2.75) is 51.5 Å². The van der Waals surface area contributed by atoms with Crippen molar-refractivity contribution in [1.82, 2.24) is 15.3 Å². The number of hydrogen-bond donors (Lipinski definition) is 2. The first-order chi connectivity index (χ1) is 13.7. The van der Waals surface area contributed by atoms with Gasteiger partial charge in [-0.1, -0.05) is 6.07 Å². The van der Waals surface area contributed by atoms with Gasteiger partial charge in [0.05, 0.1) is 17.3 Å². The molecule has 4 rings (SSSR count). The van der Waals surface area contributed by atoms with Crippen LogP contribution in [0.2, 0.25) is 0 Å². The van der Waals surface area contributed by atoms with Gasteiger partial charge in [0.1, 0.15) is 5.82 Å². The first kappa shape index (κ1) is 24.2. The Morgan fingerprint density at radius 2 is 1.93 bits per heavy atom. The van der Waals surface area contributed by atoms with E-state index >= 15 is 0 Å². The molecular formula is C22H30Cl2N6. The van der Waals surface area contributed by atoms with Gasteiger partial charge in [-0.3, -0.25) is 0 Å². The van der Waals surface area contributed by atoms with E-state index in [0.29, 0.717) is 17.6 Å². The van der Waals surface area contributed by atoms with E-state index in [0.717, 1.165) is 43.0 Å². The van der Waals surface area contributed by atoms with Crippen LogP contribution in [0.1, 0.15) is 48.1 Å². The lowest BCUT2D eigenvalue weighted by Gasteiger charge is -2.35. The minimum Gasteiger partial charge on any atom is -0.355 e. The lowest BCUT2D eigenvalue weighted by Crippen LogP contribution is -2.45. The minimum absolute atomic E-state index is 0. The summed E-state index contributed by atoms with van der Waals surface area (Å²) in [6, 6.07) is 8.57. The second-order valence-electron chi connectivity index (χ2n) is 7.84. The van der Waals surface area contributed by atoms with Crippen LogP contribution in [0.5, 0.6) is 0 Å². The number of fused-ring (bicyclic) bond motifs is 1.